The monoisotopic (exact) mass is 194 g/mol. The Bertz CT molecular complexity index is 308. The van der Waals surface area contributed by atoms with Crippen molar-refractivity contribution in [3.63, 3.8) is 0 Å². The molecule has 1 aromatic heterocycles. The van der Waals surface area contributed by atoms with Crippen molar-refractivity contribution in [1.82, 2.24) is 9.97 Å². The van der Waals surface area contributed by atoms with Crippen LogP contribution in [0.2, 0.25) is 0 Å². The molecule has 3 nitrogen and oxygen atoms in total. The van der Waals surface area contributed by atoms with E-state index in [1.54, 1.807) is 0 Å². The second-order valence-corrected chi connectivity index (χ2v) is 4.04. The van der Waals surface area contributed by atoms with E-state index in [1.807, 2.05) is 26.8 Å². The number of nitrogens with zero attached hydrogens (tertiary/aromatic N) is 2. The van der Waals surface area contributed by atoms with Gasteiger partial charge >= 0.3 is 6.01 Å². The molecule has 0 unspecified atom stereocenters. The van der Waals surface area contributed by atoms with E-state index in [0.29, 0.717) is 11.9 Å². The van der Waals surface area contributed by atoms with E-state index in [-0.39, 0.29) is 6.10 Å². The molecule has 0 amide bonds. The standard InChI is InChI=1S/C11H18N2O/c1-7(2)10-6-9(5)12-11(13-10)14-8(3)4/h6-8H,1-5H3. The summed E-state index contributed by atoms with van der Waals surface area (Å²) in [7, 11) is 0. The molecule has 0 aliphatic carbocycles. The first-order valence-corrected chi connectivity index (χ1v) is 5.01. The fourth-order valence-corrected chi connectivity index (χ4v) is 1.12. The van der Waals surface area contributed by atoms with Gasteiger partial charge in [0.1, 0.15) is 0 Å². The molecule has 78 valence electrons. The van der Waals surface area contributed by atoms with Crippen molar-refractivity contribution in [2.45, 2.75) is 46.6 Å². The molecular weight excluding hydrogens is 176 g/mol. The minimum absolute atomic E-state index is 0.122. The minimum Gasteiger partial charge on any atom is -0.461 e. The van der Waals surface area contributed by atoms with Crippen LogP contribution in [0.15, 0.2) is 6.07 Å². The van der Waals surface area contributed by atoms with Gasteiger partial charge in [-0.15, -0.1) is 0 Å². The summed E-state index contributed by atoms with van der Waals surface area (Å²) in [5.41, 5.74) is 1.99. The molecule has 1 heterocycles. The Balaban J connectivity index is 2.95. The van der Waals surface area contributed by atoms with Gasteiger partial charge in [0.05, 0.1) is 11.8 Å². The topological polar surface area (TPSA) is 35.0 Å². The number of hydrogen-bond acceptors (Lipinski definition) is 3. The Labute approximate surface area is 85.5 Å². The van der Waals surface area contributed by atoms with Gasteiger partial charge in [0.15, 0.2) is 0 Å². The second-order valence-electron chi connectivity index (χ2n) is 4.04. The molecule has 1 aromatic rings. The highest BCUT2D eigenvalue weighted by atomic mass is 16.5. The lowest BCUT2D eigenvalue weighted by Gasteiger charge is -2.11. The maximum absolute atomic E-state index is 5.46. The summed E-state index contributed by atoms with van der Waals surface area (Å²) in [6.07, 6.45) is 0.122. The van der Waals surface area contributed by atoms with Crippen molar-refractivity contribution >= 4 is 0 Å². The summed E-state index contributed by atoms with van der Waals surface area (Å²) in [5.74, 6) is 0.409. The average molecular weight is 194 g/mol. The van der Waals surface area contributed by atoms with E-state index in [4.69, 9.17) is 4.74 Å². The molecule has 0 aromatic carbocycles. The summed E-state index contributed by atoms with van der Waals surface area (Å²) < 4.78 is 5.46. The van der Waals surface area contributed by atoms with Gasteiger partial charge < -0.3 is 4.74 Å². The van der Waals surface area contributed by atoms with Gasteiger partial charge in [-0.3, -0.25) is 0 Å². The molecule has 0 atom stereocenters. The second kappa shape index (κ2) is 4.40. The number of aromatic nitrogens is 2. The van der Waals surface area contributed by atoms with Gasteiger partial charge in [-0.1, -0.05) is 13.8 Å². The van der Waals surface area contributed by atoms with Crippen molar-refractivity contribution in [1.29, 1.82) is 0 Å². The highest BCUT2D eigenvalue weighted by molar-refractivity contribution is 5.15. The van der Waals surface area contributed by atoms with Gasteiger partial charge in [0, 0.05) is 5.69 Å². The molecule has 0 saturated carbocycles. The van der Waals surface area contributed by atoms with Gasteiger partial charge in [-0.25, -0.2) is 4.98 Å². The van der Waals surface area contributed by atoms with Crippen LogP contribution in [-0.4, -0.2) is 16.1 Å². The van der Waals surface area contributed by atoms with Crippen LogP contribution >= 0.6 is 0 Å². The molecule has 0 fully saturated rings. The van der Waals surface area contributed by atoms with Crippen LogP contribution < -0.4 is 4.74 Å². The zero-order valence-electron chi connectivity index (χ0n) is 9.53. The molecule has 0 aliphatic heterocycles. The Morgan fingerprint density at radius 1 is 1.14 bits per heavy atom. The molecule has 0 aliphatic rings. The van der Waals surface area contributed by atoms with Crippen LogP contribution in [0.5, 0.6) is 6.01 Å². The van der Waals surface area contributed by atoms with E-state index in [2.05, 4.69) is 23.8 Å². The maximum Gasteiger partial charge on any atom is 0.317 e. The van der Waals surface area contributed by atoms with Crippen LogP contribution in [-0.2, 0) is 0 Å². The summed E-state index contributed by atoms with van der Waals surface area (Å²) in [6.45, 7) is 10.1. The largest absolute Gasteiger partial charge is 0.461 e. The number of hydrogen-bond donors (Lipinski definition) is 0. The predicted molar refractivity (Wildman–Crippen MR) is 56.6 cm³/mol. The lowest BCUT2D eigenvalue weighted by molar-refractivity contribution is 0.220. The van der Waals surface area contributed by atoms with E-state index < -0.39 is 0 Å². The fraction of sp³-hybridized carbons (Fsp3) is 0.636. The lowest BCUT2D eigenvalue weighted by Crippen LogP contribution is -2.10. The Morgan fingerprint density at radius 3 is 2.29 bits per heavy atom. The Hall–Kier alpha value is -1.12. The Kier molecular flexibility index (Phi) is 3.44. The third kappa shape index (κ3) is 2.98. The summed E-state index contributed by atoms with van der Waals surface area (Å²) in [6, 6.07) is 2.49. The minimum atomic E-state index is 0.122. The zero-order valence-corrected chi connectivity index (χ0v) is 9.53. The normalized spacial score (nSPS) is 11.1. The van der Waals surface area contributed by atoms with Gasteiger partial charge in [-0.05, 0) is 32.8 Å². The number of ether oxygens (including phenoxy) is 1. The lowest BCUT2D eigenvalue weighted by atomic mass is 10.1. The van der Waals surface area contributed by atoms with E-state index in [9.17, 15) is 0 Å². The van der Waals surface area contributed by atoms with E-state index in [0.717, 1.165) is 11.4 Å². The maximum atomic E-state index is 5.46. The quantitative estimate of drug-likeness (QED) is 0.742. The summed E-state index contributed by atoms with van der Waals surface area (Å²) in [4.78, 5) is 8.56. The first-order valence-electron chi connectivity index (χ1n) is 5.01. The highest BCUT2D eigenvalue weighted by Gasteiger charge is 2.07. The van der Waals surface area contributed by atoms with Crippen molar-refractivity contribution in [3.8, 4) is 6.01 Å². The van der Waals surface area contributed by atoms with Crippen LogP contribution in [0.25, 0.3) is 0 Å². The van der Waals surface area contributed by atoms with Crippen molar-refractivity contribution in [2.24, 2.45) is 0 Å². The summed E-state index contributed by atoms with van der Waals surface area (Å²) >= 11 is 0. The SMILES string of the molecule is Cc1cc(C(C)C)nc(OC(C)C)n1. The van der Waals surface area contributed by atoms with Gasteiger partial charge in [-0.2, -0.15) is 4.98 Å². The molecule has 0 saturated heterocycles. The van der Waals surface area contributed by atoms with Crippen molar-refractivity contribution in [3.05, 3.63) is 17.5 Å². The molecule has 14 heavy (non-hydrogen) atoms. The first kappa shape index (κ1) is 11.0. The summed E-state index contributed by atoms with van der Waals surface area (Å²) in [5, 5.41) is 0. The van der Waals surface area contributed by atoms with Crippen molar-refractivity contribution in [2.75, 3.05) is 0 Å². The van der Waals surface area contributed by atoms with Crippen LogP contribution in [0.4, 0.5) is 0 Å². The predicted octanol–water partition coefficient (Wildman–Crippen LogP) is 2.70. The highest BCUT2D eigenvalue weighted by Crippen LogP contribution is 2.15. The Morgan fingerprint density at radius 2 is 1.79 bits per heavy atom. The van der Waals surface area contributed by atoms with Gasteiger partial charge in [0.25, 0.3) is 0 Å². The molecule has 3 heteroatoms. The van der Waals surface area contributed by atoms with Crippen LogP contribution in [0, 0.1) is 6.92 Å². The van der Waals surface area contributed by atoms with Crippen LogP contribution in [0.1, 0.15) is 45.0 Å². The van der Waals surface area contributed by atoms with Crippen LogP contribution in [0.3, 0.4) is 0 Å². The smallest absolute Gasteiger partial charge is 0.317 e. The average Bonchev–Trinajstić information content (AvgIpc) is 2.01. The third-order valence-corrected chi connectivity index (χ3v) is 1.79. The molecule has 0 radical (unpaired) electrons. The molecule has 1 rings (SSSR count). The van der Waals surface area contributed by atoms with Crippen molar-refractivity contribution < 1.29 is 4.74 Å². The number of aryl methyl sites for hydroxylation is 1. The molecule has 0 bridgehead atoms. The fourth-order valence-electron chi connectivity index (χ4n) is 1.12. The van der Waals surface area contributed by atoms with Gasteiger partial charge in [0.2, 0.25) is 0 Å². The first-order chi connectivity index (χ1) is 6.49. The third-order valence-electron chi connectivity index (χ3n) is 1.79. The molecule has 0 spiro atoms. The molecular formula is C11H18N2O. The molecule has 0 N–H and O–H groups in total. The number of rotatable bonds is 3. The zero-order chi connectivity index (χ0) is 10.7. The van der Waals surface area contributed by atoms with E-state index >= 15 is 0 Å². The van der Waals surface area contributed by atoms with E-state index in [1.165, 1.54) is 0 Å².